The van der Waals surface area contributed by atoms with Crippen molar-refractivity contribution in [3.05, 3.63) is 29.3 Å². The number of nitrogens with one attached hydrogen (secondary N) is 1. The van der Waals surface area contributed by atoms with Gasteiger partial charge in [0.15, 0.2) is 0 Å². The highest BCUT2D eigenvalue weighted by molar-refractivity contribution is 5.43. The summed E-state index contributed by atoms with van der Waals surface area (Å²) in [7, 11) is 0. The zero-order valence-electron chi connectivity index (χ0n) is 12.8. The Balaban J connectivity index is 1.77. The maximum absolute atomic E-state index is 5.98. The summed E-state index contributed by atoms with van der Waals surface area (Å²) in [5.74, 6) is 1.99. The third-order valence-corrected chi connectivity index (χ3v) is 5.07. The van der Waals surface area contributed by atoms with Gasteiger partial charge in [-0.2, -0.15) is 0 Å². The zero-order chi connectivity index (χ0) is 13.9. The predicted octanol–water partition coefficient (Wildman–Crippen LogP) is 4.38. The fourth-order valence-electron chi connectivity index (χ4n) is 3.85. The van der Waals surface area contributed by atoms with Crippen LogP contribution < -0.4 is 10.1 Å². The summed E-state index contributed by atoms with van der Waals surface area (Å²) in [6, 6.07) is 7.64. The molecular formula is C18H27NO. The Morgan fingerprint density at radius 1 is 1.15 bits per heavy atom. The number of rotatable bonds is 3. The molecule has 2 atom stereocenters. The van der Waals surface area contributed by atoms with E-state index in [4.69, 9.17) is 4.74 Å². The molecule has 1 N–H and O–H groups in total. The molecule has 0 radical (unpaired) electrons. The maximum atomic E-state index is 5.98. The van der Waals surface area contributed by atoms with E-state index in [2.05, 4.69) is 37.4 Å². The van der Waals surface area contributed by atoms with Crippen LogP contribution in [-0.4, -0.2) is 12.6 Å². The van der Waals surface area contributed by atoms with Gasteiger partial charge in [-0.05, 0) is 51.0 Å². The molecule has 3 rings (SSSR count). The van der Waals surface area contributed by atoms with Crippen molar-refractivity contribution in [1.82, 2.24) is 5.32 Å². The smallest absolute Gasteiger partial charge is 0.126 e. The maximum Gasteiger partial charge on any atom is 0.126 e. The van der Waals surface area contributed by atoms with Crippen molar-refractivity contribution in [3.63, 3.8) is 0 Å². The molecule has 1 aromatic carbocycles. The van der Waals surface area contributed by atoms with Crippen LogP contribution >= 0.6 is 0 Å². The fraction of sp³-hybridized carbons (Fsp3) is 0.667. The third kappa shape index (κ3) is 2.85. The highest BCUT2D eigenvalue weighted by atomic mass is 16.5. The van der Waals surface area contributed by atoms with Gasteiger partial charge in [-0.1, -0.05) is 31.0 Å². The van der Waals surface area contributed by atoms with Crippen LogP contribution in [0.2, 0.25) is 0 Å². The molecule has 0 aromatic heterocycles. The number of para-hydroxylation sites is 1. The molecule has 0 saturated heterocycles. The minimum Gasteiger partial charge on any atom is -0.493 e. The molecule has 110 valence electrons. The molecule has 1 aliphatic carbocycles. The standard InChI is InChI=1S/C18H27NO/c1-13-7-5-10-16-17(11-6-12-20-18(13)16)19-14(2)15-8-3-4-9-15/h5,7,10,14-15,17,19H,3-4,6,8-9,11-12H2,1-2H3. The molecule has 2 unspecified atom stereocenters. The van der Waals surface area contributed by atoms with Gasteiger partial charge in [0.1, 0.15) is 5.75 Å². The summed E-state index contributed by atoms with van der Waals surface area (Å²) in [5.41, 5.74) is 2.64. The summed E-state index contributed by atoms with van der Waals surface area (Å²) in [4.78, 5) is 0. The topological polar surface area (TPSA) is 21.3 Å². The van der Waals surface area contributed by atoms with E-state index >= 15 is 0 Å². The predicted molar refractivity (Wildman–Crippen MR) is 83.2 cm³/mol. The number of hydrogen-bond donors (Lipinski definition) is 1. The first-order valence-corrected chi connectivity index (χ1v) is 8.24. The van der Waals surface area contributed by atoms with Crippen LogP contribution in [0.15, 0.2) is 18.2 Å². The molecule has 1 aromatic rings. The second-order valence-electron chi connectivity index (χ2n) is 6.54. The summed E-state index contributed by atoms with van der Waals surface area (Å²) in [5, 5.41) is 3.90. The molecule has 2 nitrogen and oxygen atoms in total. The molecule has 2 aliphatic rings. The second-order valence-corrected chi connectivity index (χ2v) is 6.54. The Bertz CT molecular complexity index is 451. The van der Waals surface area contributed by atoms with Crippen LogP contribution in [0.3, 0.4) is 0 Å². The lowest BCUT2D eigenvalue weighted by molar-refractivity contribution is 0.308. The van der Waals surface area contributed by atoms with Gasteiger partial charge >= 0.3 is 0 Å². The van der Waals surface area contributed by atoms with Gasteiger partial charge in [0.05, 0.1) is 6.61 Å². The quantitative estimate of drug-likeness (QED) is 0.882. The normalized spacial score (nSPS) is 24.8. The van der Waals surface area contributed by atoms with Gasteiger partial charge in [-0.15, -0.1) is 0 Å². The molecule has 0 amide bonds. The van der Waals surface area contributed by atoms with Crippen molar-refractivity contribution >= 4 is 0 Å². The Morgan fingerprint density at radius 2 is 1.95 bits per heavy atom. The van der Waals surface area contributed by atoms with E-state index in [0.29, 0.717) is 12.1 Å². The van der Waals surface area contributed by atoms with Crippen LogP contribution in [-0.2, 0) is 0 Å². The Kier molecular flexibility index (Phi) is 4.30. The summed E-state index contributed by atoms with van der Waals surface area (Å²) < 4.78 is 5.98. The van der Waals surface area contributed by atoms with Gasteiger partial charge in [-0.25, -0.2) is 0 Å². The van der Waals surface area contributed by atoms with E-state index in [9.17, 15) is 0 Å². The first kappa shape index (κ1) is 13.9. The summed E-state index contributed by atoms with van der Waals surface area (Å²) in [6.07, 6.45) is 7.97. The molecular weight excluding hydrogens is 246 g/mol. The minimum atomic E-state index is 0.461. The Hall–Kier alpha value is -1.02. The van der Waals surface area contributed by atoms with E-state index in [1.807, 2.05) is 0 Å². The van der Waals surface area contributed by atoms with E-state index in [1.54, 1.807) is 0 Å². The lowest BCUT2D eigenvalue weighted by atomic mass is 9.95. The summed E-state index contributed by atoms with van der Waals surface area (Å²) in [6.45, 7) is 5.38. The van der Waals surface area contributed by atoms with E-state index in [1.165, 1.54) is 43.2 Å². The minimum absolute atomic E-state index is 0.461. The number of fused-ring (bicyclic) bond motifs is 1. The van der Waals surface area contributed by atoms with Crippen molar-refractivity contribution < 1.29 is 4.74 Å². The monoisotopic (exact) mass is 273 g/mol. The first-order chi connectivity index (χ1) is 9.75. The largest absolute Gasteiger partial charge is 0.493 e. The fourth-order valence-corrected chi connectivity index (χ4v) is 3.85. The molecule has 0 spiro atoms. The van der Waals surface area contributed by atoms with Gasteiger partial charge in [0.25, 0.3) is 0 Å². The highest BCUT2D eigenvalue weighted by Crippen LogP contribution is 2.36. The molecule has 2 heteroatoms. The molecule has 20 heavy (non-hydrogen) atoms. The average molecular weight is 273 g/mol. The van der Waals surface area contributed by atoms with Crippen molar-refractivity contribution in [2.45, 2.75) is 64.5 Å². The molecule has 1 aliphatic heterocycles. The van der Waals surface area contributed by atoms with Gasteiger partial charge in [0, 0.05) is 17.6 Å². The van der Waals surface area contributed by atoms with Crippen molar-refractivity contribution in [2.75, 3.05) is 6.61 Å². The zero-order valence-corrected chi connectivity index (χ0v) is 12.8. The number of ether oxygens (including phenoxy) is 1. The van der Waals surface area contributed by atoms with Crippen LogP contribution in [0.4, 0.5) is 0 Å². The van der Waals surface area contributed by atoms with Crippen molar-refractivity contribution in [1.29, 1.82) is 0 Å². The number of hydrogen-bond acceptors (Lipinski definition) is 2. The van der Waals surface area contributed by atoms with Crippen LogP contribution in [0.1, 0.15) is 62.6 Å². The van der Waals surface area contributed by atoms with Crippen LogP contribution in [0, 0.1) is 12.8 Å². The SMILES string of the molecule is Cc1cccc2c1OCCCC2NC(C)C1CCCC1. The van der Waals surface area contributed by atoms with E-state index in [-0.39, 0.29) is 0 Å². The average Bonchev–Trinajstić information content (AvgIpc) is 2.90. The molecule has 0 bridgehead atoms. The lowest BCUT2D eigenvalue weighted by Crippen LogP contribution is -2.35. The van der Waals surface area contributed by atoms with Gasteiger partial charge in [-0.3, -0.25) is 0 Å². The first-order valence-electron chi connectivity index (χ1n) is 8.24. The third-order valence-electron chi connectivity index (χ3n) is 5.07. The van der Waals surface area contributed by atoms with E-state index in [0.717, 1.165) is 24.7 Å². The molecule has 1 heterocycles. The molecule has 1 saturated carbocycles. The Labute approximate surface area is 122 Å². The lowest BCUT2D eigenvalue weighted by Gasteiger charge is -2.27. The number of aryl methyl sites for hydroxylation is 1. The highest BCUT2D eigenvalue weighted by Gasteiger charge is 2.26. The summed E-state index contributed by atoms with van der Waals surface area (Å²) >= 11 is 0. The van der Waals surface area contributed by atoms with Crippen molar-refractivity contribution in [3.8, 4) is 5.75 Å². The van der Waals surface area contributed by atoms with Gasteiger partial charge < -0.3 is 10.1 Å². The van der Waals surface area contributed by atoms with Crippen LogP contribution in [0.25, 0.3) is 0 Å². The Morgan fingerprint density at radius 3 is 2.75 bits per heavy atom. The molecule has 1 fully saturated rings. The second kappa shape index (κ2) is 6.17. The van der Waals surface area contributed by atoms with Crippen molar-refractivity contribution in [2.24, 2.45) is 5.92 Å². The number of benzene rings is 1. The van der Waals surface area contributed by atoms with Gasteiger partial charge in [0.2, 0.25) is 0 Å². The van der Waals surface area contributed by atoms with E-state index < -0.39 is 0 Å². The van der Waals surface area contributed by atoms with Crippen LogP contribution in [0.5, 0.6) is 5.75 Å².